The van der Waals surface area contributed by atoms with E-state index in [1.54, 1.807) is 15.8 Å². The number of nitrogens with zero attached hydrogens (tertiary/aromatic N) is 2. The van der Waals surface area contributed by atoms with Gasteiger partial charge < -0.3 is 5.53 Å². The third-order valence-electron chi connectivity index (χ3n) is 16.1. The fourth-order valence-corrected chi connectivity index (χ4v) is 12.0. The van der Waals surface area contributed by atoms with Crippen LogP contribution in [-0.4, -0.2) is 4.70 Å². The summed E-state index contributed by atoms with van der Waals surface area (Å²) in [5.74, 6) is 0. The molecule has 3 heteroatoms. The van der Waals surface area contributed by atoms with Crippen LogP contribution in [0.4, 0.5) is 0 Å². The van der Waals surface area contributed by atoms with Gasteiger partial charge in [-0.25, -0.2) is 4.70 Å². The molecule has 0 atom stereocenters. The van der Waals surface area contributed by atoms with E-state index in [1.807, 2.05) is 14.4 Å². The normalized spacial score (nSPS) is 12.6. The Hall–Kier alpha value is -1.99. The third kappa shape index (κ3) is 29.1. The second-order valence-corrected chi connectivity index (χ2v) is 24.6. The Balaban J connectivity index is 0.00000356. The Labute approximate surface area is 469 Å². The van der Waals surface area contributed by atoms with E-state index in [1.165, 1.54) is 300 Å². The van der Waals surface area contributed by atoms with Gasteiger partial charge in [0.25, 0.3) is 0 Å². The number of benzene rings is 2. The molecule has 0 spiro atoms. The summed E-state index contributed by atoms with van der Waals surface area (Å²) in [6.07, 6.45) is 60.6. The van der Waals surface area contributed by atoms with Crippen molar-refractivity contribution < 1.29 is 19.1 Å². The van der Waals surface area contributed by atoms with Crippen molar-refractivity contribution in [3.63, 3.8) is 0 Å². The molecule has 1 heterocycles. The summed E-state index contributed by atoms with van der Waals surface area (Å²) in [7, 11) is 0. The predicted molar refractivity (Wildman–Crippen MR) is 330 cm³/mol. The molecular weight excluding hydrogens is 939 g/mol. The van der Waals surface area contributed by atoms with Gasteiger partial charge in [-0.2, -0.15) is 0 Å². The average molecular weight is 1060 g/mol. The first-order chi connectivity index (χ1) is 36.4. The first-order valence-electron chi connectivity index (χ1n) is 33.1. The molecule has 0 saturated heterocycles. The average Bonchev–Trinajstić information content (AvgIpc) is 3.74. The van der Waals surface area contributed by atoms with Gasteiger partial charge in [0, 0.05) is 22.8 Å². The molecule has 1 aliphatic heterocycles. The summed E-state index contributed by atoms with van der Waals surface area (Å²) in [6.45, 7) is 20.6. The Bertz CT molecular complexity index is 1690. The predicted octanol–water partition coefficient (Wildman–Crippen LogP) is 24.6. The van der Waals surface area contributed by atoms with Gasteiger partial charge in [-0.05, 0) is 148 Å². The third-order valence-corrected chi connectivity index (χ3v) is 17.1. The molecule has 1 aliphatic rings. The molecule has 0 radical (unpaired) electrons. The topological polar surface area (TPSA) is 25.3 Å². The van der Waals surface area contributed by atoms with E-state index < -0.39 is 0 Å². The summed E-state index contributed by atoms with van der Waals surface area (Å²) in [4.78, 5) is 0. The molecule has 2 nitrogen and oxygen atoms in total. The van der Waals surface area contributed by atoms with Gasteiger partial charge in [-0.1, -0.05) is 241 Å². The van der Waals surface area contributed by atoms with Gasteiger partial charge in [0.1, 0.15) is 0 Å². The van der Waals surface area contributed by atoms with Crippen LogP contribution >= 0.6 is 0 Å². The molecule has 0 N–H and O–H groups in total. The molecule has 0 unspecified atom stereocenters. The number of unbranched alkanes of at least 4 members (excludes halogenated alkanes) is 30. The van der Waals surface area contributed by atoms with Crippen LogP contribution in [0.2, 0.25) is 10.8 Å². The molecule has 74 heavy (non-hydrogen) atoms. The fourth-order valence-electron chi connectivity index (χ4n) is 11.5. The van der Waals surface area contributed by atoms with Crippen LogP contribution in [-0.2, 0) is 53.0 Å². The number of aryl methyl sites for hydroxylation is 4. The van der Waals surface area contributed by atoms with Crippen molar-refractivity contribution in [3.05, 3.63) is 86.0 Å². The first-order valence-corrected chi connectivity index (χ1v) is 34.5. The second-order valence-electron chi connectivity index (χ2n) is 22.7. The monoisotopic (exact) mass is 1060 g/mol. The van der Waals surface area contributed by atoms with E-state index in [0.29, 0.717) is 0 Å². The standard InChI is InChI=1S/C67H114N2.2C2H5.Ni/c1-8-15-22-23-24-25-26-27-28-29-30-31-32-33-34-35-36-37-38-39-40-41-42-43-44-49-61-56-66(62-52-57(45-16-9-2)64(50-20-13-6)58(53-62)46-17-10-3)69(68)67(61)63-54-59(47-18-11-4)65(51-21-14-7)60(55-63)48-19-12-5;2*1-2;/h52-56H,8-51H2,1-7H3;2*1H2,2H3;. The van der Waals surface area contributed by atoms with Crippen molar-refractivity contribution >= 4 is 11.4 Å². The summed E-state index contributed by atoms with van der Waals surface area (Å²) in [6, 6.07) is 10.00. The van der Waals surface area contributed by atoms with E-state index in [9.17, 15) is 5.53 Å². The molecule has 2 aromatic carbocycles. The van der Waals surface area contributed by atoms with E-state index >= 15 is 0 Å². The molecule has 0 aliphatic carbocycles. The van der Waals surface area contributed by atoms with E-state index in [2.05, 4.69) is 92.7 Å². The van der Waals surface area contributed by atoms with E-state index in [4.69, 9.17) is 0 Å². The van der Waals surface area contributed by atoms with E-state index in [0.717, 1.165) is 43.5 Å². The van der Waals surface area contributed by atoms with Crippen LogP contribution in [0, 0.1) is 0 Å². The molecule has 0 amide bonds. The molecule has 428 valence electrons. The van der Waals surface area contributed by atoms with Crippen LogP contribution in [0.25, 0.3) is 16.9 Å². The van der Waals surface area contributed by atoms with Gasteiger partial charge >= 0.3 is 39.1 Å². The second kappa shape index (κ2) is 47.1. The van der Waals surface area contributed by atoms with Gasteiger partial charge in [0.05, 0.1) is 0 Å². The Morgan fingerprint density at radius 2 is 0.581 bits per heavy atom. The van der Waals surface area contributed by atoms with Crippen molar-refractivity contribution in [3.8, 4) is 0 Å². The van der Waals surface area contributed by atoms with Crippen LogP contribution < -0.4 is 0 Å². The number of rotatable bonds is 48. The van der Waals surface area contributed by atoms with Crippen LogP contribution in [0.5, 0.6) is 0 Å². The molecular formula is C71H124N2Ni. The van der Waals surface area contributed by atoms with Crippen molar-refractivity contribution in [1.29, 1.82) is 0 Å². The molecule has 0 fully saturated rings. The molecule has 3 rings (SSSR count). The molecule has 0 aromatic heterocycles. The van der Waals surface area contributed by atoms with Gasteiger partial charge in [0.15, 0.2) is 0 Å². The zero-order valence-electron chi connectivity index (χ0n) is 51.1. The number of allylic oxidation sites excluding steroid dienone is 2. The SMILES string of the molecule is CCCCCCCCCCCCCCCCCCCCCCCCCCCC1=C(c2cc(CCCC)c(CCCC)c(CCCC)c2)[N+](=[N-])C(c2cc(CCCC)c(CCCC)c(CCCC)c2)=C1.C[CH2][Ni][CH2]C. The van der Waals surface area contributed by atoms with Crippen LogP contribution in [0.1, 0.15) is 351 Å². The number of hydrogen-bond acceptors (Lipinski definition) is 0. The van der Waals surface area contributed by atoms with Crippen LogP contribution in [0.3, 0.4) is 0 Å². The Morgan fingerprint density at radius 3 is 0.865 bits per heavy atom. The summed E-state index contributed by atoms with van der Waals surface area (Å²) >= 11 is 1.82. The fraction of sp³-hybridized carbons (Fsp3) is 0.775. The maximum atomic E-state index is 12.6. The van der Waals surface area contributed by atoms with Crippen molar-refractivity contribution in [2.24, 2.45) is 0 Å². The molecule has 0 bridgehead atoms. The number of hydrogen-bond donors (Lipinski definition) is 0. The van der Waals surface area contributed by atoms with Crippen molar-refractivity contribution in [2.45, 2.75) is 356 Å². The van der Waals surface area contributed by atoms with Gasteiger partial charge in [-0.3, -0.25) is 0 Å². The van der Waals surface area contributed by atoms with Crippen molar-refractivity contribution in [2.75, 3.05) is 0 Å². The minimum absolute atomic E-state index is 0.998. The molecule has 2 aromatic rings. The van der Waals surface area contributed by atoms with Gasteiger partial charge in [0.2, 0.25) is 11.4 Å². The minimum atomic E-state index is 0.998. The van der Waals surface area contributed by atoms with E-state index in [-0.39, 0.29) is 0 Å². The quantitative estimate of drug-likeness (QED) is 0.0359. The zero-order valence-corrected chi connectivity index (χ0v) is 52.1. The molecule has 0 saturated carbocycles. The summed E-state index contributed by atoms with van der Waals surface area (Å²) in [5, 5.41) is 2.56. The Kier molecular flexibility index (Phi) is 43.3. The first kappa shape index (κ1) is 68.1. The van der Waals surface area contributed by atoms with Crippen molar-refractivity contribution in [1.82, 2.24) is 0 Å². The zero-order chi connectivity index (χ0) is 53.7. The summed E-state index contributed by atoms with van der Waals surface area (Å²) in [5.41, 5.74) is 27.8. The summed E-state index contributed by atoms with van der Waals surface area (Å²) < 4.78 is 1.65. The van der Waals surface area contributed by atoms with Crippen LogP contribution in [0.15, 0.2) is 35.9 Å². The van der Waals surface area contributed by atoms with Gasteiger partial charge in [-0.15, -0.1) is 0 Å². The maximum absolute atomic E-state index is 12.6. The Morgan fingerprint density at radius 1 is 0.311 bits per heavy atom.